The van der Waals surface area contributed by atoms with Crippen LogP contribution in [0.5, 0.6) is 0 Å². The maximum atomic E-state index is 12.4. The van der Waals surface area contributed by atoms with Gasteiger partial charge in [-0.2, -0.15) is 0 Å². The molecule has 7 nitrogen and oxygen atoms in total. The monoisotopic (exact) mass is 354 g/mol. The van der Waals surface area contributed by atoms with Gasteiger partial charge in [-0.3, -0.25) is 20.3 Å². The second-order valence-electron chi connectivity index (χ2n) is 5.41. The number of thiophene rings is 1. The van der Waals surface area contributed by atoms with E-state index < -0.39 is 4.92 Å². The summed E-state index contributed by atoms with van der Waals surface area (Å²) < 4.78 is 0.632. The van der Waals surface area contributed by atoms with E-state index in [-0.39, 0.29) is 11.6 Å². The first-order valence-corrected chi connectivity index (χ1v) is 8.26. The minimum absolute atomic E-state index is 0.0126. The fourth-order valence-electron chi connectivity index (χ4n) is 2.43. The average Bonchev–Trinajstić information content (AvgIpc) is 2.86. The van der Waals surface area contributed by atoms with Gasteiger partial charge in [0, 0.05) is 48.4 Å². The Bertz CT molecular complexity index is 771. The topological polar surface area (TPSA) is 78.7 Å². The van der Waals surface area contributed by atoms with Crippen molar-refractivity contribution in [1.82, 2.24) is 15.3 Å². The summed E-state index contributed by atoms with van der Waals surface area (Å²) in [4.78, 5) is 25.4. The molecule has 3 rings (SSSR count). The molecule has 9 heteroatoms. The van der Waals surface area contributed by atoms with Gasteiger partial charge < -0.3 is 4.90 Å². The molecule has 0 aliphatic carbocycles. The van der Waals surface area contributed by atoms with Gasteiger partial charge in [0.1, 0.15) is 4.88 Å². The van der Waals surface area contributed by atoms with Gasteiger partial charge in [0.2, 0.25) is 0 Å². The predicted molar refractivity (Wildman–Crippen MR) is 90.0 cm³/mol. The maximum absolute atomic E-state index is 12.4. The molecule has 1 saturated heterocycles. The Morgan fingerprint density at radius 3 is 2.70 bits per heavy atom. The molecule has 0 bridgehead atoms. The summed E-state index contributed by atoms with van der Waals surface area (Å²) in [6.45, 7) is 3.26. The fraction of sp³-hybridized carbons (Fsp3) is 0.357. The van der Waals surface area contributed by atoms with E-state index in [1.807, 2.05) is 12.1 Å². The van der Waals surface area contributed by atoms with Crippen LogP contribution in [0.25, 0.3) is 10.1 Å². The molecule has 0 atom stereocenters. The number of hydrazine groups is 1. The third-order valence-electron chi connectivity index (χ3n) is 3.79. The Labute approximate surface area is 141 Å². The number of hydrogen-bond acceptors (Lipinski definition) is 6. The highest BCUT2D eigenvalue weighted by atomic mass is 35.5. The highest BCUT2D eigenvalue weighted by Gasteiger charge is 2.22. The normalized spacial score (nSPS) is 16.6. The first kappa shape index (κ1) is 16.1. The number of carbonyl (C=O) groups is 1. The van der Waals surface area contributed by atoms with Crippen LogP contribution in [-0.4, -0.2) is 54.0 Å². The maximum Gasteiger partial charge on any atom is 0.277 e. The number of fused-ring (bicyclic) bond motifs is 1. The van der Waals surface area contributed by atoms with Crippen LogP contribution in [0.2, 0.25) is 5.02 Å². The van der Waals surface area contributed by atoms with Gasteiger partial charge in [0.15, 0.2) is 0 Å². The molecular formula is C14H15ClN4O3S. The number of amides is 1. The summed E-state index contributed by atoms with van der Waals surface area (Å²) in [6, 6.07) is 4.42. The van der Waals surface area contributed by atoms with Crippen LogP contribution in [0.15, 0.2) is 18.2 Å². The first-order valence-electron chi connectivity index (χ1n) is 7.06. The van der Waals surface area contributed by atoms with Gasteiger partial charge in [-0.05, 0) is 13.1 Å². The molecule has 2 heterocycles. The highest BCUT2D eigenvalue weighted by molar-refractivity contribution is 7.21. The molecular weight excluding hydrogens is 340 g/mol. The molecule has 1 aromatic carbocycles. The Kier molecular flexibility index (Phi) is 4.49. The number of nitro groups is 1. The van der Waals surface area contributed by atoms with Crippen LogP contribution < -0.4 is 5.43 Å². The molecule has 1 aliphatic heterocycles. The third kappa shape index (κ3) is 3.30. The Hall–Kier alpha value is -1.74. The molecule has 1 amide bonds. The van der Waals surface area contributed by atoms with Gasteiger partial charge >= 0.3 is 0 Å². The number of nitrogens with one attached hydrogen (secondary N) is 1. The van der Waals surface area contributed by atoms with E-state index in [0.29, 0.717) is 20.0 Å². The van der Waals surface area contributed by atoms with Crippen molar-refractivity contribution in [2.45, 2.75) is 0 Å². The van der Waals surface area contributed by atoms with Crippen molar-refractivity contribution in [3.8, 4) is 0 Å². The third-order valence-corrected chi connectivity index (χ3v) is 5.45. The first-order chi connectivity index (χ1) is 11.0. The Morgan fingerprint density at radius 2 is 2.04 bits per heavy atom. The lowest BCUT2D eigenvalue weighted by Gasteiger charge is -2.32. The lowest BCUT2D eigenvalue weighted by atomic mass is 10.2. The van der Waals surface area contributed by atoms with Crippen molar-refractivity contribution in [3.63, 3.8) is 0 Å². The van der Waals surface area contributed by atoms with Crippen molar-refractivity contribution >= 4 is 44.6 Å². The van der Waals surface area contributed by atoms with Crippen molar-refractivity contribution < 1.29 is 9.72 Å². The van der Waals surface area contributed by atoms with Crippen LogP contribution in [0, 0.1) is 10.1 Å². The van der Waals surface area contributed by atoms with Crippen LogP contribution in [0.3, 0.4) is 0 Å². The predicted octanol–water partition coefficient (Wildman–Crippen LogP) is 2.36. The zero-order chi connectivity index (χ0) is 16.6. The van der Waals surface area contributed by atoms with E-state index in [9.17, 15) is 14.9 Å². The fourth-order valence-corrected chi connectivity index (χ4v) is 3.87. The second kappa shape index (κ2) is 6.40. The second-order valence-corrected chi connectivity index (χ2v) is 6.84. The molecule has 122 valence electrons. The van der Waals surface area contributed by atoms with E-state index in [1.54, 1.807) is 6.07 Å². The van der Waals surface area contributed by atoms with E-state index >= 15 is 0 Å². The van der Waals surface area contributed by atoms with Crippen molar-refractivity contribution in [1.29, 1.82) is 0 Å². The Balaban J connectivity index is 1.83. The number of benzene rings is 1. The standard InChI is InChI=1S/C14H15ClN4O3S/c1-17-4-6-18(7-5-17)16-14(20)13-12(15)10-3-2-9(19(21)22)8-11(10)23-13/h2-3,8H,4-7H2,1H3,(H,16,20). The van der Waals surface area contributed by atoms with Crippen LogP contribution >= 0.6 is 22.9 Å². The molecule has 1 aliphatic rings. The summed E-state index contributed by atoms with van der Waals surface area (Å²) in [5.74, 6) is -0.275. The summed E-state index contributed by atoms with van der Waals surface area (Å²) in [6.07, 6.45) is 0. The molecule has 0 saturated carbocycles. The number of piperazine rings is 1. The van der Waals surface area contributed by atoms with Gasteiger partial charge in [-0.15, -0.1) is 11.3 Å². The van der Waals surface area contributed by atoms with E-state index in [1.165, 1.54) is 23.5 Å². The molecule has 1 fully saturated rings. The number of halogens is 1. The molecule has 1 N–H and O–H groups in total. The zero-order valence-corrected chi connectivity index (χ0v) is 14.0. The van der Waals surface area contributed by atoms with Crippen molar-refractivity contribution in [3.05, 3.63) is 38.2 Å². The number of nitro benzene ring substituents is 1. The molecule has 0 spiro atoms. The smallest absolute Gasteiger partial charge is 0.277 e. The minimum Gasteiger partial charge on any atom is -0.304 e. The number of likely N-dealkylation sites (N-methyl/N-ethyl adjacent to an activating group) is 1. The van der Waals surface area contributed by atoms with Crippen LogP contribution in [0.4, 0.5) is 5.69 Å². The van der Waals surface area contributed by atoms with E-state index in [2.05, 4.69) is 10.3 Å². The zero-order valence-electron chi connectivity index (χ0n) is 12.4. The number of nitrogens with zero attached hydrogens (tertiary/aromatic N) is 3. The van der Waals surface area contributed by atoms with Crippen LogP contribution in [0.1, 0.15) is 9.67 Å². The quantitative estimate of drug-likeness (QED) is 0.676. The summed E-state index contributed by atoms with van der Waals surface area (Å²) in [5.41, 5.74) is 2.84. The summed E-state index contributed by atoms with van der Waals surface area (Å²) in [7, 11) is 2.04. The van der Waals surface area contributed by atoms with E-state index in [0.717, 1.165) is 26.2 Å². The highest BCUT2D eigenvalue weighted by Crippen LogP contribution is 2.37. The van der Waals surface area contributed by atoms with Gasteiger partial charge in [-0.25, -0.2) is 5.01 Å². The molecule has 1 aromatic heterocycles. The Morgan fingerprint density at radius 1 is 1.35 bits per heavy atom. The number of rotatable bonds is 3. The molecule has 0 radical (unpaired) electrons. The average molecular weight is 355 g/mol. The largest absolute Gasteiger partial charge is 0.304 e. The van der Waals surface area contributed by atoms with Gasteiger partial charge in [-0.1, -0.05) is 11.6 Å². The van der Waals surface area contributed by atoms with Gasteiger partial charge in [0.25, 0.3) is 11.6 Å². The summed E-state index contributed by atoms with van der Waals surface area (Å²) in [5, 5.41) is 13.7. The van der Waals surface area contributed by atoms with Crippen molar-refractivity contribution in [2.24, 2.45) is 0 Å². The molecule has 0 unspecified atom stereocenters. The number of non-ortho nitro benzene ring substituents is 1. The van der Waals surface area contributed by atoms with Gasteiger partial charge in [0.05, 0.1) is 9.95 Å². The molecule has 2 aromatic rings. The number of carbonyl (C=O) groups excluding carboxylic acids is 1. The lowest BCUT2D eigenvalue weighted by molar-refractivity contribution is -0.384. The number of hydrogen-bond donors (Lipinski definition) is 1. The minimum atomic E-state index is -0.461. The van der Waals surface area contributed by atoms with Crippen molar-refractivity contribution in [2.75, 3.05) is 33.2 Å². The van der Waals surface area contributed by atoms with E-state index in [4.69, 9.17) is 11.6 Å². The molecule has 23 heavy (non-hydrogen) atoms. The summed E-state index contributed by atoms with van der Waals surface area (Å²) >= 11 is 7.44. The lowest BCUT2D eigenvalue weighted by Crippen LogP contribution is -2.52. The van der Waals surface area contributed by atoms with Crippen LogP contribution in [-0.2, 0) is 0 Å². The SMILES string of the molecule is CN1CCN(NC(=O)c2sc3cc([N+](=O)[O-])ccc3c2Cl)CC1.